The Bertz CT molecular complexity index is 786. The third kappa shape index (κ3) is 8.50. The molecule has 30 heavy (non-hydrogen) atoms. The monoisotopic (exact) mass is 411 g/mol. The minimum absolute atomic E-state index is 0.245. The van der Waals surface area contributed by atoms with Crippen LogP contribution in [0.5, 0.6) is 5.75 Å². The van der Waals surface area contributed by atoms with Crippen LogP contribution in [0.3, 0.4) is 0 Å². The van der Waals surface area contributed by atoms with Crippen LogP contribution in [0.1, 0.15) is 57.9 Å². The minimum Gasteiger partial charge on any atom is -0.488 e. The zero-order valence-corrected chi connectivity index (χ0v) is 18.3. The number of halogens is 1. The van der Waals surface area contributed by atoms with Crippen molar-refractivity contribution in [1.82, 2.24) is 4.98 Å². The first-order valence-corrected chi connectivity index (χ1v) is 10.9. The lowest BCUT2D eigenvalue weighted by Crippen LogP contribution is -2.08. The summed E-state index contributed by atoms with van der Waals surface area (Å²) in [7, 11) is 0. The van der Waals surface area contributed by atoms with Gasteiger partial charge in [-0.2, -0.15) is 0 Å². The van der Waals surface area contributed by atoms with E-state index in [0.29, 0.717) is 23.6 Å². The molecule has 4 heteroatoms. The van der Waals surface area contributed by atoms with Crippen molar-refractivity contribution in [3.8, 4) is 17.0 Å². The predicted molar refractivity (Wildman–Crippen MR) is 123 cm³/mol. The van der Waals surface area contributed by atoms with Gasteiger partial charge < -0.3 is 9.47 Å². The van der Waals surface area contributed by atoms with Crippen LogP contribution in [0, 0.1) is 5.82 Å². The summed E-state index contributed by atoms with van der Waals surface area (Å²) in [6.07, 6.45) is 14.0. The van der Waals surface area contributed by atoms with E-state index in [0.717, 1.165) is 37.9 Å². The van der Waals surface area contributed by atoms with Crippen molar-refractivity contribution >= 4 is 6.08 Å². The number of allylic oxidation sites excluding steroid dienone is 1. The molecule has 0 saturated carbocycles. The predicted octanol–water partition coefficient (Wildman–Crippen LogP) is 7.23. The summed E-state index contributed by atoms with van der Waals surface area (Å²) in [6.45, 7) is 9.22. The van der Waals surface area contributed by atoms with E-state index in [-0.39, 0.29) is 11.9 Å². The maximum Gasteiger partial charge on any atom is 0.138 e. The van der Waals surface area contributed by atoms with Gasteiger partial charge in [0.1, 0.15) is 18.2 Å². The molecule has 0 fully saturated rings. The number of hydrogen-bond acceptors (Lipinski definition) is 3. The lowest BCUT2D eigenvalue weighted by molar-refractivity contribution is 0.0566. The summed E-state index contributed by atoms with van der Waals surface area (Å²) in [4.78, 5) is 4.35. The molecular formula is C26H34FNO2. The molecule has 1 atom stereocenters. The quantitative estimate of drug-likeness (QED) is 0.243. The highest BCUT2D eigenvalue weighted by molar-refractivity contribution is 5.63. The van der Waals surface area contributed by atoms with Gasteiger partial charge in [0.05, 0.1) is 18.0 Å². The fourth-order valence-corrected chi connectivity index (χ4v) is 3.07. The maximum absolute atomic E-state index is 14.5. The van der Waals surface area contributed by atoms with Crippen molar-refractivity contribution in [3.63, 3.8) is 0 Å². The van der Waals surface area contributed by atoms with Gasteiger partial charge in [0, 0.05) is 17.7 Å². The summed E-state index contributed by atoms with van der Waals surface area (Å²) in [5.74, 6) is 0.421. The van der Waals surface area contributed by atoms with E-state index >= 15 is 0 Å². The number of pyridine rings is 1. The molecule has 1 unspecified atom stereocenters. The Kier molecular flexibility index (Phi) is 10.9. The Hall–Kier alpha value is -2.46. The summed E-state index contributed by atoms with van der Waals surface area (Å²) in [5.41, 5.74) is 2.05. The second-order valence-corrected chi connectivity index (χ2v) is 7.44. The number of aromatic nitrogens is 1. The van der Waals surface area contributed by atoms with E-state index in [2.05, 4.69) is 25.4 Å². The minimum atomic E-state index is -0.245. The van der Waals surface area contributed by atoms with Crippen LogP contribution in [-0.2, 0) is 4.74 Å². The zero-order valence-electron chi connectivity index (χ0n) is 18.3. The zero-order chi connectivity index (χ0) is 21.6. The molecular weight excluding hydrogens is 377 g/mol. The van der Waals surface area contributed by atoms with Gasteiger partial charge in [0.25, 0.3) is 0 Å². The molecule has 0 aliphatic carbocycles. The average Bonchev–Trinajstić information content (AvgIpc) is 2.76. The van der Waals surface area contributed by atoms with E-state index in [1.807, 2.05) is 30.4 Å². The second-order valence-electron chi connectivity index (χ2n) is 7.44. The number of hydrogen-bond donors (Lipinski definition) is 0. The van der Waals surface area contributed by atoms with Gasteiger partial charge in [-0.1, -0.05) is 56.7 Å². The smallest absolute Gasteiger partial charge is 0.138 e. The molecule has 0 amide bonds. The Morgan fingerprint density at radius 3 is 2.73 bits per heavy atom. The molecule has 0 spiro atoms. The first-order valence-electron chi connectivity index (χ1n) is 10.9. The molecule has 0 saturated heterocycles. The topological polar surface area (TPSA) is 31.4 Å². The lowest BCUT2D eigenvalue weighted by Gasteiger charge is -2.12. The number of rotatable bonds is 14. The highest BCUT2D eigenvalue weighted by Gasteiger charge is 2.05. The largest absolute Gasteiger partial charge is 0.488 e. The molecule has 1 aromatic heterocycles. The third-order valence-corrected chi connectivity index (χ3v) is 4.83. The van der Waals surface area contributed by atoms with Gasteiger partial charge in [0.2, 0.25) is 0 Å². The van der Waals surface area contributed by atoms with Crippen molar-refractivity contribution in [2.45, 2.75) is 58.5 Å². The van der Waals surface area contributed by atoms with Gasteiger partial charge in [-0.25, -0.2) is 4.39 Å². The van der Waals surface area contributed by atoms with Crippen LogP contribution in [0.2, 0.25) is 0 Å². The molecule has 2 aromatic rings. The Morgan fingerprint density at radius 2 is 2.03 bits per heavy atom. The molecule has 0 N–H and O–H groups in total. The molecule has 0 bridgehead atoms. The second kappa shape index (κ2) is 13.7. The first kappa shape index (κ1) is 23.8. The normalized spacial score (nSPS) is 12.2. The highest BCUT2D eigenvalue weighted by Crippen LogP contribution is 2.23. The van der Waals surface area contributed by atoms with Crippen LogP contribution in [0.4, 0.5) is 4.39 Å². The SMILES string of the molecule is C=CCOc1ccc(-c2ccc(/C=C/CCCC(C)OCCCCC)c(F)c2)nc1. The number of benzene rings is 1. The van der Waals surface area contributed by atoms with Gasteiger partial charge >= 0.3 is 0 Å². The van der Waals surface area contributed by atoms with E-state index < -0.39 is 0 Å². The molecule has 2 rings (SSSR count). The van der Waals surface area contributed by atoms with Crippen LogP contribution < -0.4 is 4.74 Å². The number of nitrogens with zero attached hydrogens (tertiary/aromatic N) is 1. The van der Waals surface area contributed by atoms with Crippen molar-refractivity contribution in [3.05, 3.63) is 66.6 Å². The van der Waals surface area contributed by atoms with Crippen molar-refractivity contribution in [2.24, 2.45) is 0 Å². The molecule has 3 nitrogen and oxygen atoms in total. The molecule has 1 aromatic carbocycles. The van der Waals surface area contributed by atoms with Crippen molar-refractivity contribution < 1.29 is 13.9 Å². The van der Waals surface area contributed by atoms with Gasteiger partial charge in [0.15, 0.2) is 0 Å². The summed E-state index contributed by atoms with van der Waals surface area (Å²) in [6, 6.07) is 8.87. The van der Waals surface area contributed by atoms with Crippen molar-refractivity contribution in [1.29, 1.82) is 0 Å². The third-order valence-electron chi connectivity index (χ3n) is 4.83. The fraction of sp³-hybridized carbons (Fsp3) is 0.423. The molecule has 0 aliphatic rings. The average molecular weight is 412 g/mol. The fourth-order valence-electron chi connectivity index (χ4n) is 3.07. The van der Waals surface area contributed by atoms with E-state index in [1.165, 1.54) is 18.9 Å². The van der Waals surface area contributed by atoms with Crippen LogP contribution in [0.15, 0.2) is 55.3 Å². The number of unbranched alkanes of at least 4 members (excludes halogenated alkanes) is 3. The molecule has 1 heterocycles. The lowest BCUT2D eigenvalue weighted by atomic mass is 10.1. The Labute approximate surface area is 180 Å². The summed E-state index contributed by atoms with van der Waals surface area (Å²) >= 11 is 0. The summed E-state index contributed by atoms with van der Waals surface area (Å²) < 4.78 is 25.7. The van der Waals surface area contributed by atoms with E-state index in [4.69, 9.17) is 9.47 Å². The molecule has 0 radical (unpaired) electrons. The van der Waals surface area contributed by atoms with E-state index in [1.54, 1.807) is 18.3 Å². The number of ether oxygens (including phenoxy) is 2. The first-order chi connectivity index (χ1) is 14.6. The summed E-state index contributed by atoms with van der Waals surface area (Å²) in [5, 5.41) is 0. The van der Waals surface area contributed by atoms with Gasteiger partial charge in [-0.3, -0.25) is 4.98 Å². The van der Waals surface area contributed by atoms with Gasteiger partial charge in [-0.05, 0) is 50.8 Å². The van der Waals surface area contributed by atoms with Gasteiger partial charge in [-0.15, -0.1) is 0 Å². The Balaban J connectivity index is 1.80. The maximum atomic E-state index is 14.5. The standard InChI is InChI=1S/C26H34FNO2/c1-4-6-10-18-29-21(3)11-8-7-9-12-22-13-14-23(19-25(22)27)26-16-15-24(20-28-26)30-17-5-2/h5,9,12-16,19-21H,2,4,6-8,10-11,17-18H2,1,3H3/b12-9+. The molecule has 162 valence electrons. The van der Waals surface area contributed by atoms with Crippen LogP contribution >= 0.6 is 0 Å². The Morgan fingerprint density at radius 1 is 1.17 bits per heavy atom. The van der Waals surface area contributed by atoms with E-state index in [9.17, 15) is 4.39 Å². The van der Waals surface area contributed by atoms with Crippen molar-refractivity contribution in [2.75, 3.05) is 13.2 Å². The van der Waals surface area contributed by atoms with Crippen LogP contribution in [-0.4, -0.2) is 24.3 Å². The van der Waals surface area contributed by atoms with Crippen LogP contribution in [0.25, 0.3) is 17.3 Å². The highest BCUT2D eigenvalue weighted by atomic mass is 19.1. The molecule has 0 aliphatic heterocycles.